The van der Waals surface area contributed by atoms with Crippen LogP contribution in [0.15, 0.2) is 24.3 Å². The van der Waals surface area contributed by atoms with E-state index < -0.39 is 5.60 Å². The molecule has 0 atom stereocenters. The maximum absolute atomic E-state index is 10.1. The Bertz CT molecular complexity index is 425. The molecule has 1 N–H and O–H groups in total. The molecule has 1 aromatic rings. The normalized spacial score (nSPS) is 18.6. The number of ether oxygens (including phenoxy) is 1. The second-order valence-corrected chi connectivity index (χ2v) is 4.34. The molecule has 16 heavy (non-hydrogen) atoms. The Hall–Kier alpha value is -1.01. The van der Waals surface area contributed by atoms with Crippen LogP contribution in [0.1, 0.15) is 18.4 Å². The van der Waals surface area contributed by atoms with Gasteiger partial charge in [-0.15, -0.1) is 0 Å². The molecule has 2 nitrogen and oxygen atoms in total. The van der Waals surface area contributed by atoms with Crippen molar-refractivity contribution in [3.8, 4) is 11.8 Å². The molecule has 1 aliphatic rings. The fraction of sp³-hybridized carbons (Fsp3) is 0.385. The zero-order valence-electron chi connectivity index (χ0n) is 8.87. The highest BCUT2D eigenvalue weighted by atomic mass is 35.5. The second-order valence-electron chi connectivity index (χ2n) is 3.90. The summed E-state index contributed by atoms with van der Waals surface area (Å²) in [5.74, 6) is 5.86. The minimum absolute atomic E-state index is 0.570. The lowest BCUT2D eigenvalue weighted by Crippen LogP contribution is -2.34. The minimum Gasteiger partial charge on any atom is -0.381 e. The predicted octanol–water partition coefficient (Wildman–Crippen LogP) is 2.23. The standard InChI is InChI=1S/C13H13ClO2/c14-12-3-1-2-11(10-12)4-5-13(15)6-8-16-9-7-13/h1-3,10,15H,6-9H2. The molecule has 0 unspecified atom stereocenters. The van der Waals surface area contributed by atoms with Crippen LogP contribution in [-0.4, -0.2) is 23.9 Å². The highest BCUT2D eigenvalue weighted by Gasteiger charge is 2.27. The smallest absolute Gasteiger partial charge is 0.130 e. The van der Waals surface area contributed by atoms with Gasteiger partial charge < -0.3 is 9.84 Å². The van der Waals surface area contributed by atoms with Gasteiger partial charge in [-0.25, -0.2) is 0 Å². The molecule has 2 rings (SSSR count). The third-order valence-corrected chi connectivity index (χ3v) is 2.82. The Labute approximate surface area is 100 Å². The van der Waals surface area contributed by atoms with E-state index in [0.29, 0.717) is 31.1 Å². The number of benzene rings is 1. The van der Waals surface area contributed by atoms with Crippen LogP contribution in [0.25, 0.3) is 0 Å². The first kappa shape index (κ1) is 11.5. The maximum atomic E-state index is 10.1. The van der Waals surface area contributed by atoms with E-state index in [1.165, 1.54) is 0 Å². The van der Waals surface area contributed by atoms with Crippen molar-refractivity contribution in [1.29, 1.82) is 0 Å². The fourth-order valence-electron chi connectivity index (χ4n) is 1.59. The van der Waals surface area contributed by atoms with E-state index in [1.807, 2.05) is 12.1 Å². The van der Waals surface area contributed by atoms with Crippen LogP contribution in [0.3, 0.4) is 0 Å². The molecule has 0 amide bonds. The highest BCUT2D eigenvalue weighted by molar-refractivity contribution is 6.30. The lowest BCUT2D eigenvalue weighted by Gasteiger charge is -2.26. The summed E-state index contributed by atoms with van der Waals surface area (Å²) in [7, 11) is 0. The van der Waals surface area contributed by atoms with Crippen LogP contribution in [-0.2, 0) is 4.74 Å². The number of hydrogen-bond donors (Lipinski definition) is 1. The quantitative estimate of drug-likeness (QED) is 0.700. The number of aliphatic hydroxyl groups is 1. The van der Waals surface area contributed by atoms with Gasteiger partial charge in [0.15, 0.2) is 0 Å². The SMILES string of the molecule is OC1(C#Cc2cccc(Cl)c2)CCOCC1. The van der Waals surface area contributed by atoms with Crippen molar-refractivity contribution in [2.75, 3.05) is 13.2 Å². The molecular formula is C13H13ClO2. The number of rotatable bonds is 0. The zero-order valence-corrected chi connectivity index (χ0v) is 9.63. The molecule has 0 radical (unpaired) electrons. The molecule has 1 aromatic carbocycles. The van der Waals surface area contributed by atoms with Gasteiger partial charge in [0.2, 0.25) is 0 Å². The summed E-state index contributed by atoms with van der Waals surface area (Å²) in [5, 5.41) is 10.8. The second kappa shape index (κ2) is 4.88. The summed E-state index contributed by atoms with van der Waals surface area (Å²) in [6.07, 6.45) is 1.14. The van der Waals surface area contributed by atoms with Gasteiger partial charge in [-0.05, 0) is 18.2 Å². The largest absolute Gasteiger partial charge is 0.381 e. The van der Waals surface area contributed by atoms with Gasteiger partial charge in [0, 0.05) is 23.4 Å². The van der Waals surface area contributed by atoms with E-state index >= 15 is 0 Å². The lowest BCUT2D eigenvalue weighted by atomic mass is 9.95. The lowest BCUT2D eigenvalue weighted by molar-refractivity contribution is -0.0261. The first-order valence-electron chi connectivity index (χ1n) is 5.27. The number of halogens is 1. The van der Waals surface area contributed by atoms with Gasteiger partial charge in [-0.2, -0.15) is 0 Å². The van der Waals surface area contributed by atoms with Crippen molar-refractivity contribution in [3.63, 3.8) is 0 Å². The van der Waals surface area contributed by atoms with Crippen molar-refractivity contribution in [3.05, 3.63) is 34.9 Å². The summed E-state index contributed by atoms with van der Waals surface area (Å²) in [4.78, 5) is 0. The van der Waals surface area contributed by atoms with Crippen molar-refractivity contribution < 1.29 is 9.84 Å². The van der Waals surface area contributed by atoms with E-state index in [2.05, 4.69) is 11.8 Å². The van der Waals surface area contributed by atoms with Crippen LogP contribution < -0.4 is 0 Å². The summed E-state index contributed by atoms with van der Waals surface area (Å²) >= 11 is 5.85. The summed E-state index contributed by atoms with van der Waals surface area (Å²) in [6, 6.07) is 7.31. The van der Waals surface area contributed by atoms with Gasteiger partial charge in [-0.3, -0.25) is 0 Å². The molecule has 1 fully saturated rings. The van der Waals surface area contributed by atoms with Crippen molar-refractivity contribution in [2.24, 2.45) is 0 Å². The van der Waals surface area contributed by atoms with Crippen molar-refractivity contribution >= 4 is 11.6 Å². The third-order valence-electron chi connectivity index (χ3n) is 2.58. The van der Waals surface area contributed by atoms with Crippen LogP contribution >= 0.6 is 11.6 Å². The van der Waals surface area contributed by atoms with Crippen LogP contribution in [0.2, 0.25) is 5.02 Å². The van der Waals surface area contributed by atoms with Crippen LogP contribution in [0.4, 0.5) is 0 Å². The van der Waals surface area contributed by atoms with E-state index in [9.17, 15) is 5.11 Å². The predicted molar refractivity (Wildman–Crippen MR) is 63.3 cm³/mol. The molecule has 1 heterocycles. The summed E-state index contributed by atoms with van der Waals surface area (Å²) in [5.41, 5.74) is -0.0759. The Balaban J connectivity index is 2.14. The molecular weight excluding hydrogens is 224 g/mol. The van der Waals surface area contributed by atoms with Gasteiger partial charge in [0.05, 0.1) is 13.2 Å². The molecule has 0 saturated carbocycles. The molecule has 0 spiro atoms. The van der Waals surface area contributed by atoms with Gasteiger partial charge >= 0.3 is 0 Å². The maximum Gasteiger partial charge on any atom is 0.130 e. The first-order valence-corrected chi connectivity index (χ1v) is 5.65. The van der Waals surface area contributed by atoms with E-state index in [4.69, 9.17) is 16.3 Å². The van der Waals surface area contributed by atoms with Crippen LogP contribution in [0, 0.1) is 11.8 Å². The van der Waals surface area contributed by atoms with E-state index in [1.54, 1.807) is 12.1 Å². The van der Waals surface area contributed by atoms with Crippen molar-refractivity contribution in [2.45, 2.75) is 18.4 Å². The minimum atomic E-state index is -0.902. The highest BCUT2D eigenvalue weighted by Crippen LogP contribution is 2.19. The van der Waals surface area contributed by atoms with E-state index in [0.717, 1.165) is 5.56 Å². The summed E-state index contributed by atoms with van der Waals surface area (Å²) in [6.45, 7) is 1.14. The molecule has 0 bridgehead atoms. The average molecular weight is 237 g/mol. The topological polar surface area (TPSA) is 29.5 Å². The van der Waals surface area contributed by atoms with Gasteiger partial charge in [-0.1, -0.05) is 29.5 Å². The Morgan fingerprint density at radius 1 is 1.31 bits per heavy atom. The van der Waals surface area contributed by atoms with Crippen molar-refractivity contribution in [1.82, 2.24) is 0 Å². The molecule has 0 aliphatic carbocycles. The van der Waals surface area contributed by atoms with Crippen LogP contribution in [0.5, 0.6) is 0 Å². The zero-order chi connectivity index (χ0) is 11.4. The molecule has 0 aromatic heterocycles. The Morgan fingerprint density at radius 3 is 2.75 bits per heavy atom. The average Bonchev–Trinajstić information content (AvgIpc) is 2.28. The molecule has 3 heteroatoms. The third kappa shape index (κ3) is 2.99. The fourth-order valence-corrected chi connectivity index (χ4v) is 1.78. The van der Waals surface area contributed by atoms with Gasteiger partial charge in [0.25, 0.3) is 0 Å². The Morgan fingerprint density at radius 2 is 2.06 bits per heavy atom. The number of hydrogen-bond acceptors (Lipinski definition) is 2. The molecule has 1 saturated heterocycles. The Kier molecular flexibility index (Phi) is 3.50. The first-order chi connectivity index (χ1) is 7.68. The molecule has 1 aliphatic heterocycles. The monoisotopic (exact) mass is 236 g/mol. The summed E-state index contributed by atoms with van der Waals surface area (Å²) < 4.78 is 5.19. The molecule has 84 valence electrons. The van der Waals surface area contributed by atoms with E-state index in [-0.39, 0.29) is 0 Å². The van der Waals surface area contributed by atoms with Gasteiger partial charge in [0.1, 0.15) is 5.60 Å².